The number of nitrogens with zero attached hydrogens (tertiary/aromatic N) is 4. The van der Waals surface area contributed by atoms with Gasteiger partial charge in [-0.05, 0) is 25.7 Å². The number of nitro groups is 2. The zero-order chi connectivity index (χ0) is 16.1. The summed E-state index contributed by atoms with van der Waals surface area (Å²) in [5, 5.41) is 33.1. The third kappa shape index (κ3) is 1.84. The lowest BCUT2D eigenvalue weighted by molar-refractivity contribution is -0.432. The molecule has 0 saturated heterocycles. The molecule has 22 heavy (non-hydrogen) atoms. The van der Waals surface area contributed by atoms with Gasteiger partial charge < -0.3 is 0 Å². The number of rotatable bonds is 2. The summed E-state index contributed by atoms with van der Waals surface area (Å²) in [6, 6.07) is 0. The van der Waals surface area contributed by atoms with Gasteiger partial charge in [0.15, 0.2) is 11.4 Å². The highest BCUT2D eigenvalue weighted by Gasteiger charge is 2.54. The van der Waals surface area contributed by atoms with Crippen LogP contribution in [0.2, 0.25) is 0 Å². The Hall–Kier alpha value is -2.62. The molecule has 0 unspecified atom stereocenters. The molecule has 0 amide bonds. The van der Waals surface area contributed by atoms with E-state index in [1.165, 1.54) is 0 Å². The van der Waals surface area contributed by atoms with Crippen LogP contribution in [0.25, 0.3) is 0 Å². The zero-order valence-electron chi connectivity index (χ0n) is 11.4. The molecule has 0 bridgehead atoms. The predicted octanol–water partition coefficient (Wildman–Crippen LogP) is 1.02. The minimum atomic E-state index is -1.13. The summed E-state index contributed by atoms with van der Waals surface area (Å²) < 4.78 is 0. The number of carbonyl (C=O) groups excluding carboxylic acids is 1. The molecule has 1 aliphatic heterocycles. The van der Waals surface area contributed by atoms with Crippen LogP contribution in [0, 0.1) is 20.2 Å². The number of aliphatic imine (C=N–C) groups is 1. The zero-order valence-corrected chi connectivity index (χ0v) is 11.4. The fraction of sp³-hybridized carbons (Fsp3) is 0.500. The molecule has 3 rings (SSSR count). The standard InChI is InChI=1S/C12H12N4O6/c17-11-8(16(21)22)6-7(15(19)20)10-9(11)13-12(14(10)18)4-2-1-3-5-12/h6,18H,1-5H2. The van der Waals surface area contributed by atoms with Crippen LogP contribution in [-0.2, 0) is 4.79 Å². The van der Waals surface area contributed by atoms with Crippen molar-refractivity contribution in [3.05, 3.63) is 43.4 Å². The van der Waals surface area contributed by atoms with Crippen molar-refractivity contribution >= 4 is 11.5 Å². The molecule has 0 aromatic heterocycles. The molecule has 0 aromatic carbocycles. The first-order chi connectivity index (χ1) is 10.4. The second kappa shape index (κ2) is 4.70. The smallest absolute Gasteiger partial charge is 0.286 e. The fourth-order valence-electron chi connectivity index (χ4n) is 3.11. The van der Waals surface area contributed by atoms with Gasteiger partial charge in [-0.1, -0.05) is 6.42 Å². The average molecular weight is 308 g/mol. The highest BCUT2D eigenvalue weighted by molar-refractivity contribution is 6.52. The fourth-order valence-corrected chi connectivity index (χ4v) is 3.11. The van der Waals surface area contributed by atoms with Crippen molar-refractivity contribution in [2.45, 2.75) is 37.8 Å². The minimum Gasteiger partial charge on any atom is -0.286 e. The quantitative estimate of drug-likeness (QED) is 0.456. The van der Waals surface area contributed by atoms with Gasteiger partial charge in [-0.3, -0.25) is 30.2 Å². The number of carbonyl (C=O) groups is 1. The Bertz CT molecular complexity index is 686. The van der Waals surface area contributed by atoms with Crippen molar-refractivity contribution in [1.29, 1.82) is 0 Å². The van der Waals surface area contributed by atoms with Crippen LogP contribution in [0.3, 0.4) is 0 Å². The normalized spacial score (nSPS) is 23.3. The lowest BCUT2D eigenvalue weighted by Crippen LogP contribution is -2.43. The largest absolute Gasteiger partial charge is 0.325 e. The number of ketones is 1. The Morgan fingerprint density at radius 1 is 1.18 bits per heavy atom. The molecule has 1 fully saturated rings. The van der Waals surface area contributed by atoms with Gasteiger partial charge in [0.05, 0.1) is 9.85 Å². The Kier molecular flexibility index (Phi) is 3.06. The number of fused-ring (bicyclic) bond motifs is 1. The van der Waals surface area contributed by atoms with Crippen molar-refractivity contribution < 1.29 is 19.8 Å². The molecular formula is C12H12N4O6. The second-order valence-electron chi connectivity index (χ2n) is 5.42. The van der Waals surface area contributed by atoms with Crippen molar-refractivity contribution in [2.24, 2.45) is 4.99 Å². The van der Waals surface area contributed by atoms with Gasteiger partial charge in [0.2, 0.25) is 0 Å². The highest BCUT2D eigenvalue weighted by atomic mass is 16.6. The maximum Gasteiger partial charge on any atom is 0.325 e. The van der Waals surface area contributed by atoms with Crippen LogP contribution in [0.1, 0.15) is 32.1 Å². The van der Waals surface area contributed by atoms with Gasteiger partial charge in [-0.2, -0.15) is 0 Å². The summed E-state index contributed by atoms with van der Waals surface area (Å²) in [5.74, 6) is -1.01. The third-order valence-corrected chi connectivity index (χ3v) is 4.16. The maximum atomic E-state index is 12.2. The third-order valence-electron chi connectivity index (χ3n) is 4.16. The average Bonchev–Trinajstić information content (AvgIpc) is 2.74. The van der Waals surface area contributed by atoms with E-state index in [-0.39, 0.29) is 5.70 Å². The van der Waals surface area contributed by atoms with Gasteiger partial charge in [-0.15, -0.1) is 0 Å². The van der Waals surface area contributed by atoms with Crippen molar-refractivity contribution in [2.75, 3.05) is 0 Å². The van der Waals surface area contributed by atoms with Gasteiger partial charge in [-0.25, -0.2) is 10.1 Å². The summed E-state index contributed by atoms with van der Waals surface area (Å²) in [5.41, 5.74) is -3.46. The first-order valence-corrected chi connectivity index (χ1v) is 6.76. The predicted molar refractivity (Wildman–Crippen MR) is 71.0 cm³/mol. The topological polar surface area (TPSA) is 139 Å². The lowest BCUT2D eigenvalue weighted by Gasteiger charge is -2.36. The summed E-state index contributed by atoms with van der Waals surface area (Å²) in [7, 11) is 0. The molecular weight excluding hydrogens is 296 g/mol. The highest BCUT2D eigenvalue weighted by Crippen LogP contribution is 2.43. The number of allylic oxidation sites excluding steroid dienone is 3. The maximum absolute atomic E-state index is 12.2. The van der Waals surface area contributed by atoms with Crippen LogP contribution in [0.4, 0.5) is 0 Å². The molecule has 0 aromatic rings. The van der Waals surface area contributed by atoms with Crippen LogP contribution in [-0.4, -0.2) is 37.3 Å². The number of hydrogen-bond donors (Lipinski definition) is 1. The molecule has 0 atom stereocenters. The Balaban J connectivity index is 2.18. The second-order valence-corrected chi connectivity index (χ2v) is 5.42. The SMILES string of the molecule is O=C1C([N+](=O)[O-])=CC([N+](=O)[O-])=C2C1=NC1(CCCCC1)N2O. The van der Waals surface area contributed by atoms with E-state index in [0.717, 1.165) is 19.3 Å². The Morgan fingerprint density at radius 3 is 2.36 bits per heavy atom. The first-order valence-electron chi connectivity index (χ1n) is 6.76. The first kappa shape index (κ1) is 14.3. The molecule has 3 aliphatic rings. The van der Waals surface area contributed by atoms with E-state index in [1.807, 2.05) is 0 Å². The van der Waals surface area contributed by atoms with Crippen LogP contribution in [0.15, 0.2) is 28.2 Å². The van der Waals surface area contributed by atoms with E-state index >= 15 is 0 Å². The van der Waals surface area contributed by atoms with Crippen molar-refractivity contribution in [1.82, 2.24) is 5.06 Å². The van der Waals surface area contributed by atoms with Crippen molar-refractivity contribution in [3.63, 3.8) is 0 Å². The minimum absolute atomic E-state index is 0.345. The van der Waals surface area contributed by atoms with Crippen molar-refractivity contribution in [3.8, 4) is 0 Å². The van der Waals surface area contributed by atoms with E-state index in [9.17, 15) is 30.2 Å². The van der Waals surface area contributed by atoms with Gasteiger partial charge in [0, 0.05) is 0 Å². The monoisotopic (exact) mass is 308 g/mol. The van der Waals surface area contributed by atoms with Crippen LogP contribution in [0.5, 0.6) is 0 Å². The molecule has 116 valence electrons. The molecule has 10 nitrogen and oxygen atoms in total. The summed E-state index contributed by atoms with van der Waals surface area (Å²) in [4.78, 5) is 36.6. The van der Waals surface area contributed by atoms with E-state index in [0.29, 0.717) is 24.0 Å². The Labute approximate surface area is 123 Å². The van der Waals surface area contributed by atoms with E-state index in [2.05, 4.69) is 4.99 Å². The van der Waals surface area contributed by atoms with Gasteiger partial charge >= 0.3 is 11.4 Å². The summed E-state index contributed by atoms with van der Waals surface area (Å²) >= 11 is 0. The van der Waals surface area contributed by atoms with Gasteiger partial charge in [0.25, 0.3) is 5.78 Å². The molecule has 2 aliphatic carbocycles. The van der Waals surface area contributed by atoms with Crippen LogP contribution >= 0.6 is 0 Å². The number of hydroxylamine groups is 2. The van der Waals surface area contributed by atoms with Gasteiger partial charge in [0.1, 0.15) is 11.8 Å². The molecule has 1 spiro atoms. The molecule has 1 heterocycles. The molecule has 0 radical (unpaired) electrons. The number of Topliss-reactive ketones (excluding diaryl/α,β-unsaturated/α-hetero) is 1. The summed E-state index contributed by atoms with van der Waals surface area (Å²) in [6.07, 6.45) is 3.89. The van der Waals surface area contributed by atoms with Crippen LogP contribution < -0.4 is 0 Å². The number of hydrogen-bond acceptors (Lipinski definition) is 8. The van der Waals surface area contributed by atoms with E-state index < -0.39 is 38.4 Å². The molecule has 1 N–H and O–H groups in total. The molecule has 1 saturated carbocycles. The Morgan fingerprint density at radius 2 is 1.82 bits per heavy atom. The molecule has 10 heteroatoms. The van der Waals surface area contributed by atoms with E-state index in [1.54, 1.807) is 0 Å². The lowest BCUT2D eigenvalue weighted by atomic mass is 9.89. The summed E-state index contributed by atoms with van der Waals surface area (Å²) in [6.45, 7) is 0. The van der Waals surface area contributed by atoms with E-state index in [4.69, 9.17) is 0 Å².